The number of hydrogen-bond donors (Lipinski definition) is 1. The van der Waals surface area contributed by atoms with E-state index in [2.05, 4.69) is 5.32 Å². The highest BCUT2D eigenvalue weighted by Gasteiger charge is 2.31. The number of carbonyl (C=O) groups is 1. The molecular weight excluding hydrogens is 349 g/mol. The number of nitrogens with zero attached hydrogens (tertiary/aromatic N) is 1. The molecule has 26 heavy (non-hydrogen) atoms. The van der Waals surface area contributed by atoms with Crippen molar-refractivity contribution in [3.8, 4) is 5.75 Å². The smallest absolute Gasteiger partial charge is 0.416 e. The average Bonchev–Trinajstić information content (AvgIpc) is 2.63. The summed E-state index contributed by atoms with van der Waals surface area (Å²) in [7, 11) is 0. The molecule has 1 N–H and O–H groups in total. The van der Waals surface area contributed by atoms with E-state index in [4.69, 9.17) is 9.47 Å². The van der Waals surface area contributed by atoms with Gasteiger partial charge in [0.25, 0.3) is 0 Å². The number of halogens is 3. The monoisotopic (exact) mass is 372 g/mol. The van der Waals surface area contributed by atoms with Gasteiger partial charge in [0, 0.05) is 39.0 Å². The Bertz CT molecular complexity index is 610. The van der Waals surface area contributed by atoms with Gasteiger partial charge in [-0.2, -0.15) is 13.2 Å². The van der Waals surface area contributed by atoms with E-state index in [-0.39, 0.29) is 23.9 Å². The Morgan fingerprint density at radius 2 is 2.08 bits per heavy atom. The average molecular weight is 372 g/mol. The molecule has 2 heterocycles. The maximum atomic E-state index is 12.8. The van der Waals surface area contributed by atoms with Gasteiger partial charge in [-0.25, -0.2) is 0 Å². The van der Waals surface area contributed by atoms with Gasteiger partial charge in [-0.05, 0) is 18.2 Å². The molecule has 1 aromatic carbocycles. The lowest BCUT2D eigenvalue weighted by Crippen LogP contribution is -2.45. The second-order valence-electron chi connectivity index (χ2n) is 6.62. The molecule has 8 heteroatoms. The molecule has 0 aromatic heterocycles. The molecule has 0 aliphatic carbocycles. The number of morpholine rings is 1. The number of alkyl halides is 3. The number of hydrogen-bond acceptors (Lipinski definition) is 4. The third-order valence-corrected chi connectivity index (χ3v) is 4.67. The SMILES string of the molecule is O=C(C[C@H]1CNCCO1)N1CCC(Oc2cccc(C(F)(F)F)c2)CC1. The second-order valence-corrected chi connectivity index (χ2v) is 6.62. The maximum Gasteiger partial charge on any atom is 0.416 e. The molecule has 0 spiro atoms. The minimum absolute atomic E-state index is 0.0521. The number of likely N-dealkylation sites (tertiary alicyclic amines) is 1. The fourth-order valence-electron chi connectivity index (χ4n) is 3.24. The Balaban J connectivity index is 1.47. The summed E-state index contributed by atoms with van der Waals surface area (Å²) in [6, 6.07) is 4.91. The Kier molecular flexibility index (Phi) is 6.03. The molecule has 144 valence electrons. The van der Waals surface area contributed by atoms with E-state index in [0.29, 0.717) is 45.5 Å². The van der Waals surface area contributed by atoms with Crippen LogP contribution in [-0.2, 0) is 15.7 Å². The van der Waals surface area contributed by atoms with Crippen molar-refractivity contribution >= 4 is 5.91 Å². The van der Waals surface area contributed by atoms with Gasteiger partial charge in [0.1, 0.15) is 11.9 Å². The van der Waals surface area contributed by atoms with E-state index < -0.39 is 11.7 Å². The van der Waals surface area contributed by atoms with Crippen molar-refractivity contribution in [3.05, 3.63) is 29.8 Å². The number of nitrogens with one attached hydrogen (secondary N) is 1. The summed E-state index contributed by atoms with van der Waals surface area (Å²) < 4.78 is 49.5. The number of carbonyl (C=O) groups excluding carboxylic acids is 1. The van der Waals surface area contributed by atoms with Crippen molar-refractivity contribution in [1.29, 1.82) is 0 Å². The zero-order chi connectivity index (χ0) is 18.6. The van der Waals surface area contributed by atoms with E-state index >= 15 is 0 Å². The highest BCUT2D eigenvalue weighted by Crippen LogP contribution is 2.32. The highest BCUT2D eigenvalue weighted by molar-refractivity contribution is 5.76. The second kappa shape index (κ2) is 8.26. The minimum atomic E-state index is -4.38. The topological polar surface area (TPSA) is 50.8 Å². The number of benzene rings is 1. The van der Waals surface area contributed by atoms with Gasteiger partial charge < -0.3 is 19.7 Å². The van der Waals surface area contributed by atoms with Crippen molar-refractivity contribution < 1.29 is 27.4 Å². The molecule has 0 saturated carbocycles. The van der Waals surface area contributed by atoms with Crippen LogP contribution in [0.5, 0.6) is 5.75 Å². The van der Waals surface area contributed by atoms with Crippen molar-refractivity contribution in [1.82, 2.24) is 10.2 Å². The first-order chi connectivity index (χ1) is 12.4. The van der Waals surface area contributed by atoms with Gasteiger partial charge in [-0.3, -0.25) is 4.79 Å². The largest absolute Gasteiger partial charge is 0.490 e. The fraction of sp³-hybridized carbons (Fsp3) is 0.611. The van der Waals surface area contributed by atoms with Crippen LogP contribution in [0.3, 0.4) is 0 Å². The van der Waals surface area contributed by atoms with Crippen molar-refractivity contribution in [2.45, 2.75) is 37.6 Å². The zero-order valence-corrected chi connectivity index (χ0v) is 14.4. The van der Waals surface area contributed by atoms with E-state index in [1.807, 2.05) is 0 Å². The molecule has 3 rings (SSSR count). The predicted molar refractivity (Wildman–Crippen MR) is 88.9 cm³/mol. The molecule has 1 amide bonds. The van der Waals surface area contributed by atoms with Crippen molar-refractivity contribution in [2.75, 3.05) is 32.8 Å². The third-order valence-electron chi connectivity index (χ3n) is 4.67. The quantitative estimate of drug-likeness (QED) is 0.882. The molecular formula is C18H23F3N2O3. The lowest BCUT2D eigenvalue weighted by Gasteiger charge is -2.33. The first-order valence-electron chi connectivity index (χ1n) is 8.86. The number of piperidine rings is 1. The van der Waals surface area contributed by atoms with Gasteiger partial charge in [-0.1, -0.05) is 6.07 Å². The van der Waals surface area contributed by atoms with Crippen molar-refractivity contribution in [3.63, 3.8) is 0 Å². The summed E-state index contributed by atoms with van der Waals surface area (Å²) in [6.45, 7) is 3.19. The summed E-state index contributed by atoms with van der Waals surface area (Å²) in [6.07, 6.45) is -3.10. The van der Waals surface area contributed by atoms with Gasteiger partial charge in [-0.15, -0.1) is 0 Å². The molecule has 2 saturated heterocycles. The van der Waals surface area contributed by atoms with E-state index in [1.54, 1.807) is 4.90 Å². The van der Waals surface area contributed by atoms with Gasteiger partial charge in [0.2, 0.25) is 5.91 Å². The lowest BCUT2D eigenvalue weighted by atomic mass is 10.1. The van der Waals surface area contributed by atoms with Crippen LogP contribution < -0.4 is 10.1 Å². The first kappa shape index (κ1) is 19.0. The zero-order valence-electron chi connectivity index (χ0n) is 14.4. The molecule has 2 fully saturated rings. The molecule has 2 aliphatic heterocycles. The van der Waals surface area contributed by atoms with Crippen LogP contribution in [0.2, 0.25) is 0 Å². The molecule has 1 aromatic rings. The normalized spacial score (nSPS) is 22.3. The molecule has 2 aliphatic rings. The Labute approximate surface area is 150 Å². The predicted octanol–water partition coefficient (Wildman–Crippen LogP) is 2.45. The van der Waals surface area contributed by atoms with E-state index in [0.717, 1.165) is 18.7 Å². The summed E-state index contributed by atoms with van der Waals surface area (Å²) in [4.78, 5) is 14.1. The summed E-state index contributed by atoms with van der Waals surface area (Å²) in [5, 5.41) is 3.20. The van der Waals surface area contributed by atoms with Crippen LogP contribution in [0.25, 0.3) is 0 Å². The van der Waals surface area contributed by atoms with Crippen LogP contribution in [0.1, 0.15) is 24.8 Å². The van der Waals surface area contributed by atoms with Crippen LogP contribution in [0, 0.1) is 0 Å². The molecule has 0 radical (unpaired) electrons. The van der Waals surface area contributed by atoms with Gasteiger partial charge in [0.05, 0.1) is 24.7 Å². The summed E-state index contributed by atoms with van der Waals surface area (Å²) in [5.41, 5.74) is -0.719. The van der Waals surface area contributed by atoms with Gasteiger partial charge >= 0.3 is 6.18 Å². The molecule has 1 atom stereocenters. The highest BCUT2D eigenvalue weighted by atomic mass is 19.4. The molecule has 0 bridgehead atoms. The maximum absolute atomic E-state index is 12.8. The summed E-state index contributed by atoms with van der Waals surface area (Å²) >= 11 is 0. The minimum Gasteiger partial charge on any atom is -0.490 e. The molecule has 0 unspecified atom stereocenters. The van der Waals surface area contributed by atoms with Crippen LogP contribution in [0.4, 0.5) is 13.2 Å². The van der Waals surface area contributed by atoms with Crippen LogP contribution in [-0.4, -0.2) is 55.8 Å². The Morgan fingerprint density at radius 1 is 1.31 bits per heavy atom. The Hall–Kier alpha value is -1.80. The number of ether oxygens (including phenoxy) is 2. The van der Waals surface area contributed by atoms with Crippen LogP contribution in [0.15, 0.2) is 24.3 Å². The fourth-order valence-corrected chi connectivity index (χ4v) is 3.24. The first-order valence-corrected chi connectivity index (χ1v) is 8.86. The van der Waals surface area contributed by atoms with E-state index in [1.165, 1.54) is 12.1 Å². The van der Waals surface area contributed by atoms with Gasteiger partial charge in [0.15, 0.2) is 0 Å². The van der Waals surface area contributed by atoms with E-state index in [9.17, 15) is 18.0 Å². The Morgan fingerprint density at radius 3 is 2.73 bits per heavy atom. The lowest BCUT2D eigenvalue weighted by molar-refractivity contribution is -0.138. The van der Waals surface area contributed by atoms with Crippen molar-refractivity contribution in [2.24, 2.45) is 0 Å². The molecule has 5 nitrogen and oxygen atoms in total. The van der Waals surface area contributed by atoms with Crippen LogP contribution >= 0.6 is 0 Å². The standard InChI is InChI=1S/C18H23F3N2O3/c19-18(20,21)13-2-1-3-15(10-13)26-14-4-7-23(8-5-14)17(24)11-16-12-22-6-9-25-16/h1-3,10,14,16,22H,4-9,11-12H2/t16-/m0/s1. The third kappa shape index (κ3) is 5.11. The summed E-state index contributed by atoms with van der Waals surface area (Å²) in [5.74, 6) is 0.266. The number of amides is 1. The number of rotatable bonds is 4.